The topological polar surface area (TPSA) is 85.8 Å². The number of rotatable bonds is 10. The monoisotopic (exact) mass is 403 g/mol. The number of nitrogens with one attached hydrogen (secondary N) is 1. The van der Waals surface area contributed by atoms with Crippen LogP contribution in [-0.4, -0.2) is 31.7 Å². The maximum Gasteiger partial charge on any atom is 0.174 e. The molecule has 0 saturated heterocycles. The van der Waals surface area contributed by atoms with Crippen molar-refractivity contribution in [3.63, 3.8) is 0 Å². The quantitative estimate of drug-likeness (QED) is 0.419. The molecule has 4 aromatic rings. The molecule has 2 heterocycles. The van der Waals surface area contributed by atoms with E-state index in [9.17, 15) is 0 Å². The van der Waals surface area contributed by atoms with Crippen LogP contribution in [0, 0.1) is 0 Å². The molecule has 0 bridgehead atoms. The molecule has 1 atom stereocenters. The highest BCUT2D eigenvalue weighted by Crippen LogP contribution is 2.22. The van der Waals surface area contributed by atoms with Crippen LogP contribution in [0.5, 0.6) is 11.5 Å². The van der Waals surface area contributed by atoms with Gasteiger partial charge in [0.25, 0.3) is 0 Å². The van der Waals surface area contributed by atoms with E-state index in [0.717, 1.165) is 53.8 Å². The van der Waals surface area contributed by atoms with Gasteiger partial charge in [-0.05, 0) is 49.2 Å². The van der Waals surface area contributed by atoms with Gasteiger partial charge in [0.05, 0.1) is 17.3 Å². The fourth-order valence-electron chi connectivity index (χ4n) is 3.32. The molecular formula is C23H25N5O2. The second-order valence-corrected chi connectivity index (χ2v) is 7.15. The van der Waals surface area contributed by atoms with Crippen molar-refractivity contribution in [1.29, 1.82) is 0 Å². The van der Waals surface area contributed by atoms with Gasteiger partial charge < -0.3 is 9.47 Å². The molecule has 0 spiro atoms. The van der Waals surface area contributed by atoms with Crippen LogP contribution in [0.3, 0.4) is 0 Å². The Morgan fingerprint density at radius 3 is 2.57 bits per heavy atom. The first-order chi connectivity index (χ1) is 14.8. The van der Waals surface area contributed by atoms with Crippen molar-refractivity contribution in [3.8, 4) is 11.5 Å². The van der Waals surface area contributed by atoms with E-state index in [1.807, 2.05) is 48.5 Å². The van der Waals surface area contributed by atoms with Gasteiger partial charge in [-0.3, -0.25) is 0 Å². The van der Waals surface area contributed by atoms with E-state index in [0.29, 0.717) is 12.4 Å². The van der Waals surface area contributed by atoms with Gasteiger partial charge >= 0.3 is 0 Å². The third-order valence-electron chi connectivity index (χ3n) is 4.86. The lowest BCUT2D eigenvalue weighted by atomic mass is 10.1. The van der Waals surface area contributed by atoms with Gasteiger partial charge in [0.2, 0.25) is 0 Å². The van der Waals surface area contributed by atoms with Crippen LogP contribution in [0.15, 0.2) is 60.7 Å². The molecule has 2 aromatic carbocycles. The van der Waals surface area contributed by atoms with Crippen LogP contribution in [0.1, 0.15) is 37.7 Å². The Morgan fingerprint density at radius 1 is 0.933 bits per heavy atom. The third-order valence-corrected chi connectivity index (χ3v) is 4.86. The number of tetrazole rings is 1. The summed E-state index contributed by atoms with van der Waals surface area (Å²) in [5.74, 6) is 2.33. The molecule has 7 nitrogen and oxygen atoms in total. The predicted octanol–water partition coefficient (Wildman–Crippen LogP) is 4.51. The highest BCUT2D eigenvalue weighted by molar-refractivity contribution is 5.78. The van der Waals surface area contributed by atoms with Crippen molar-refractivity contribution in [2.24, 2.45) is 0 Å². The molecule has 0 radical (unpaired) electrons. The van der Waals surface area contributed by atoms with Crippen molar-refractivity contribution in [1.82, 2.24) is 25.6 Å². The zero-order valence-electron chi connectivity index (χ0n) is 17.0. The molecule has 0 aliphatic carbocycles. The largest absolute Gasteiger partial charge is 0.490 e. The molecule has 7 heteroatoms. The molecule has 30 heavy (non-hydrogen) atoms. The number of fused-ring (bicyclic) bond motifs is 1. The lowest BCUT2D eigenvalue weighted by Crippen LogP contribution is -2.17. The molecule has 0 fully saturated rings. The Morgan fingerprint density at radius 2 is 1.77 bits per heavy atom. The fourth-order valence-corrected chi connectivity index (χ4v) is 3.32. The van der Waals surface area contributed by atoms with Gasteiger partial charge in [-0.25, -0.2) is 4.98 Å². The first-order valence-corrected chi connectivity index (χ1v) is 10.3. The van der Waals surface area contributed by atoms with Gasteiger partial charge in [0, 0.05) is 11.8 Å². The maximum absolute atomic E-state index is 6.17. The SMILES string of the molecule is CCCC(CCc1nn[nH]n1)Oc1ccc(OCc2ccc3ccccc3n2)cc1. The smallest absolute Gasteiger partial charge is 0.174 e. The van der Waals surface area contributed by atoms with Crippen LogP contribution in [-0.2, 0) is 13.0 Å². The lowest BCUT2D eigenvalue weighted by Gasteiger charge is -2.18. The summed E-state index contributed by atoms with van der Waals surface area (Å²) < 4.78 is 12.1. The second-order valence-electron chi connectivity index (χ2n) is 7.15. The molecule has 154 valence electrons. The first-order valence-electron chi connectivity index (χ1n) is 10.3. The van der Waals surface area contributed by atoms with Gasteiger partial charge in [-0.2, -0.15) is 5.21 Å². The lowest BCUT2D eigenvalue weighted by molar-refractivity contribution is 0.179. The zero-order chi connectivity index (χ0) is 20.6. The zero-order valence-corrected chi connectivity index (χ0v) is 17.0. The van der Waals surface area contributed by atoms with Gasteiger partial charge in [0.1, 0.15) is 18.1 Å². The average molecular weight is 403 g/mol. The predicted molar refractivity (Wildman–Crippen MR) is 114 cm³/mol. The Balaban J connectivity index is 1.31. The summed E-state index contributed by atoms with van der Waals surface area (Å²) in [4.78, 5) is 4.64. The van der Waals surface area contributed by atoms with E-state index in [-0.39, 0.29) is 6.10 Å². The van der Waals surface area contributed by atoms with E-state index in [2.05, 4.69) is 44.7 Å². The van der Waals surface area contributed by atoms with Crippen molar-refractivity contribution in [2.75, 3.05) is 0 Å². The molecule has 4 rings (SSSR count). The number of hydrogen-bond donors (Lipinski definition) is 1. The van der Waals surface area contributed by atoms with Crippen LogP contribution in [0.4, 0.5) is 0 Å². The van der Waals surface area contributed by atoms with Crippen LogP contribution in [0.25, 0.3) is 10.9 Å². The number of aromatic nitrogens is 5. The fraction of sp³-hybridized carbons (Fsp3) is 0.304. The molecule has 0 saturated carbocycles. The van der Waals surface area contributed by atoms with Crippen LogP contribution in [0.2, 0.25) is 0 Å². The molecule has 0 aliphatic heterocycles. The van der Waals surface area contributed by atoms with Gasteiger partial charge in [0.15, 0.2) is 5.82 Å². The highest BCUT2D eigenvalue weighted by Gasteiger charge is 2.12. The van der Waals surface area contributed by atoms with Crippen LogP contribution < -0.4 is 9.47 Å². The van der Waals surface area contributed by atoms with E-state index < -0.39 is 0 Å². The van der Waals surface area contributed by atoms with Gasteiger partial charge in [-0.15, -0.1) is 10.2 Å². The highest BCUT2D eigenvalue weighted by atomic mass is 16.5. The Kier molecular flexibility index (Phi) is 6.49. The Bertz CT molecular complexity index is 1050. The second kappa shape index (κ2) is 9.82. The summed E-state index contributed by atoms with van der Waals surface area (Å²) >= 11 is 0. The van der Waals surface area contributed by atoms with E-state index in [1.54, 1.807) is 0 Å². The number of aryl methyl sites for hydroxylation is 1. The number of hydrogen-bond acceptors (Lipinski definition) is 6. The van der Waals surface area contributed by atoms with Crippen LogP contribution >= 0.6 is 0 Å². The van der Waals surface area contributed by atoms with Crippen molar-refractivity contribution >= 4 is 10.9 Å². The number of nitrogens with zero attached hydrogens (tertiary/aromatic N) is 4. The summed E-state index contributed by atoms with van der Waals surface area (Å²) in [5, 5.41) is 15.2. The first kappa shape index (κ1) is 19.8. The molecule has 1 unspecified atom stereocenters. The Labute approximate surface area is 175 Å². The standard InChI is InChI=1S/C23H25N5O2/c1-2-5-20(14-15-23-25-27-28-26-23)30-21-12-10-19(11-13-21)29-16-18-9-8-17-6-3-4-7-22(17)24-18/h3-4,6-13,20H,2,5,14-16H2,1H3,(H,25,26,27,28). The number of para-hydroxylation sites is 1. The van der Waals surface area contributed by atoms with Crippen molar-refractivity contribution < 1.29 is 9.47 Å². The van der Waals surface area contributed by atoms with Crippen molar-refractivity contribution in [3.05, 3.63) is 72.2 Å². The summed E-state index contributed by atoms with van der Waals surface area (Å²) in [6.45, 7) is 2.58. The Hall–Kier alpha value is -3.48. The summed E-state index contributed by atoms with van der Waals surface area (Å²) in [6.07, 6.45) is 3.73. The molecule has 2 aromatic heterocycles. The van der Waals surface area contributed by atoms with Gasteiger partial charge in [-0.1, -0.05) is 42.8 Å². The number of benzene rings is 2. The number of H-pyrrole nitrogens is 1. The molecule has 1 N–H and O–H groups in total. The number of pyridine rings is 1. The molecule has 0 aliphatic rings. The normalized spacial score (nSPS) is 12.0. The number of ether oxygens (including phenoxy) is 2. The summed E-state index contributed by atoms with van der Waals surface area (Å²) in [5.41, 5.74) is 1.88. The molecular weight excluding hydrogens is 378 g/mol. The van der Waals surface area contributed by atoms with E-state index in [1.165, 1.54) is 0 Å². The molecule has 0 amide bonds. The average Bonchev–Trinajstić information content (AvgIpc) is 3.31. The minimum absolute atomic E-state index is 0.113. The summed E-state index contributed by atoms with van der Waals surface area (Å²) in [7, 11) is 0. The van der Waals surface area contributed by atoms with Crippen molar-refractivity contribution in [2.45, 2.75) is 45.3 Å². The third kappa shape index (κ3) is 5.31. The van der Waals surface area contributed by atoms with E-state index in [4.69, 9.17) is 9.47 Å². The maximum atomic E-state index is 6.17. The summed E-state index contributed by atoms with van der Waals surface area (Å²) in [6, 6.07) is 19.9. The minimum Gasteiger partial charge on any atom is -0.490 e. The van der Waals surface area contributed by atoms with E-state index >= 15 is 0 Å². The number of aromatic amines is 1. The minimum atomic E-state index is 0.113.